The minimum absolute atomic E-state index is 0.514. The molecule has 2 aromatic rings. The Kier molecular flexibility index (Phi) is 3.53. The van der Waals surface area contributed by atoms with E-state index in [-0.39, 0.29) is 0 Å². The van der Waals surface area contributed by atoms with Crippen molar-refractivity contribution in [3.05, 3.63) is 30.5 Å². The number of benzene rings is 1. The molecule has 82 valence electrons. The molecule has 2 nitrogen and oxygen atoms in total. The third-order valence-electron chi connectivity index (χ3n) is 2.51. The van der Waals surface area contributed by atoms with Crippen LogP contribution in [-0.4, -0.2) is 10.3 Å². The Morgan fingerprint density at radius 2 is 2.19 bits per heavy atom. The predicted molar refractivity (Wildman–Crippen MR) is 68.6 cm³/mol. The van der Waals surface area contributed by atoms with E-state index in [1.54, 1.807) is 11.8 Å². The SMILES string of the molecule is CCCn1cc(SCC#N)c2ccccc21. The largest absolute Gasteiger partial charge is 0.346 e. The molecule has 3 heteroatoms. The number of fused-ring (bicyclic) bond motifs is 1. The van der Waals surface area contributed by atoms with Crippen LogP contribution in [0.15, 0.2) is 35.4 Å². The van der Waals surface area contributed by atoms with E-state index < -0.39 is 0 Å². The molecule has 16 heavy (non-hydrogen) atoms. The van der Waals surface area contributed by atoms with E-state index in [2.05, 4.69) is 48.0 Å². The Morgan fingerprint density at radius 1 is 1.38 bits per heavy atom. The van der Waals surface area contributed by atoms with Gasteiger partial charge in [-0.3, -0.25) is 0 Å². The molecule has 0 bridgehead atoms. The number of rotatable bonds is 4. The Balaban J connectivity index is 2.45. The number of hydrogen-bond acceptors (Lipinski definition) is 2. The van der Waals surface area contributed by atoms with Crippen molar-refractivity contribution in [1.29, 1.82) is 5.26 Å². The van der Waals surface area contributed by atoms with Gasteiger partial charge in [-0.25, -0.2) is 0 Å². The first-order chi connectivity index (χ1) is 7.86. The van der Waals surface area contributed by atoms with Crippen LogP contribution in [0.3, 0.4) is 0 Å². The van der Waals surface area contributed by atoms with Gasteiger partial charge in [0, 0.05) is 28.5 Å². The highest BCUT2D eigenvalue weighted by Crippen LogP contribution is 2.29. The molecule has 0 saturated heterocycles. The van der Waals surface area contributed by atoms with Gasteiger partial charge in [0.25, 0.3) is 0 Å². The standard InChI is InChI=1S/C13H14N2S/c1-2-8-15-10-13(16-9-7-14)11-5-3-4-6-12(11)15/h3-6,10H,2,8-9H2,1H3. The molecular weight excluding hydrogens is 216 g/mol. The van der Waals surface area contributed by atoms with Gasteiger partial charge < -0.3 is 4.57 Å². The van der Waals surface area contributed by atoms with Crippen molar-refractivity contribution in [3.63, 3.8) is 0 Å². The summed E-state index contributed by atoms with van der Waals surface area (Å²) in [5.41, 5.74) is 1.27. The van der Waals surface area contributed by atoms with Crippen molar-refractivity contribution in [2.24, 2.45) is 0 Å². The number of nitriles is 1. The molecule has 1 aromatic heterocycles. The summed E-state index contributed by atoms with van der Waals surface area (Å²) in [6, 6.07) is 10.6. The minimum atomic E-state index is 0.514. The van der Waals surface area contributed by atoms with Gasteiger partial charge in [0.2, 0.25) is 0 Å². The average molecular weight is 230 g/mol. The lowest BCUT2D eigenvalue weighted by atomic mass is 10.2. The maximum atomic E-state index is 8.63. The van der Waals surface area contributed by atoms with Crippen LogP contribution in [0.4, 0.5) is 0 Å². The van der Waals surface area contributed by atoms with Crippen molar-refractivity contribution in [1.82, 2.24) is 4.57 Å². The Morgan fingerprint density at radius 3 is 2.94 bits per heavy atom. The van der Waals surface area contributed by atoms with Crippen LogP contribution in [0.5, 0.6) is 0 Å². The van der Waals surface area contributed by atoms with E-state index in [0.717, 1.165) is 13.0 Å². The normalized spacial score (nSPS) is 10.5. The van der Waals surface area contributed by atoms with E-state index in [1.807, 2.05) is 0 Å². The first kappa shape index (κ1) is 11.1. The molecular formula is C13H14N2S. The van der Waals surface area contributed by atoms with Crippen molar-refractivity contribution < 1.29 is 0 Å². The average Bonchev–Trinajstić information content (AvgIpc) is 2.66. The molecule has 0 aliphatic heterocycles. The molecule has 0 amide bonds. The molecule has 1 heterocycles. The summed E-state index contributed by atoms with van der Waals surface area (Å²) < 4.78 is 2.27. The number of para-hydroxylation sites is 1. The van der Waals surface area contributed by atoms with Gasteiger partial charge in [-0.2, -0.15) is 5.26 Å². The van der Waals surface area contributed by atoms with Crippen LogP contribution < -0.4 is 0 Å². The molecule has 0 unspecified atom stereocenters. The molecule has 1 aromatic carbocycles. The van der Waals surface area contributed by atoms with E-state index >= 15 is 0 Å². The summed E-state index contributed by atoms with van der Waals surface area (Å²) in [7, 11) is 0. The van der Waals surface area contributed by atoms with Gasteiger partial charge in [0.15, 0.2) is 0 Å². The molecule has 0 spiro atoms. The fourth-order valence-electron chi connectivity index (χ4n) is 1.86. The quantitative estimate of drug-likeness (QED) is 0.750. The van der Waals surface area contributed by atoms with Crippen molar-refractivity contribution >= 4 is 22.7 Å². The highest BCUT2D eigenvalue weighted by molar-refractivity contribution is 7.99. The number of aryl methyl sites for hydroxylation is 1. The van der Waals surface area contributed by atoms with E-state index in [0.29, 0.717) is 5.75 Å². The van der Waals surface area contributed by atoms with Crippen molar-refractivity contribution in [2.75, 3.05) is 5.75 Å². The number of aromatic nitrogens is 1. The fraction of sp³-hybridized carbons (Fsp3) is 0.308. The lowest BCUT2D eigenvalue weighted by Crippen LogP contribution is -1.93. The summed E-state index contributed by atoms with van der Waals surface area (Å²) in [5, 5.41) is 9.89. The zero-order valence-corrected chi connectivity index (χ0v) is 10.1. The van der Waals surface area contributed by atoms with E-state index in [1.165, 1.54) is 15.8 Å². The predicted octanol–water partition coefficient (Wildman–Crippen LogP) is 3.67. The third-order valence-corrected chi connectivity index (χ3v) is 3.42. The highest BCUT2D eigenvalue weighted by Gasteiger charge is 2.07. The van der Waals surface area contributed by atoms with Crippen LogP contribution in [0, 0.1) is 11.3 Å². The molecule has 0 N–H and O–H groups in total. The van der Waals surface area contributed by atoms with E-state index in [9.17, 15) is 0 Å². The van der Waals surface area contributed by atoms with Crippen molar-refractivity contribution in [2.45, 2.75) is 24.8 Å². The molecule has 0 aliphatic rings. The van der Waals surface area contributed by atoms with Gasteiger partial charge in [-0.05, 0) is 12.5 Å². The van der Waals surface area contributed by atoms with Gasteiger partial charge in [0.05, 0.1) is 11.8 Å². The van der Waals surface area contributed by atoms with E-state index in [4.69, 9.17) is 5.26 Å². The molecule has 0 aliphatic carbocycles. The molecule has 0 atom stereocenters. The second kappa shape index (κ2) is 5.09. The molecule has 0 radical (unpaired) electrons. The summed E-state index contributed by atoms with van der Waals surface area (Å²) in [4.78, 5) is 1.21. The summed E-state index contributed by atoms with van der Waals surface area (Å²) in [6.07, 6.45) is 3.29. The maximum absolute atomic E-state index is 8.63. The van der Waals surface area contributed by atoms with Gasteiger partial charge in [-0.1, -0.05) is 25.1 Å². The smallest absolute Gasteiger partial charge is 0.0856 e. The summed E-state index contributed by atoms with van der Waals surface area (Å²) in [6.45, 7) is 3.21. The zero-order chi connectivity index (χ0) is 11.4. The second-order valence-electron chi connectivity index (χ2n) is 3.65. The summed E-state index contributed by atoms with van der Waals surface area (Å²) in [5.74, 6) is 0.514. The minimum Gasteiger partial charge on any atom is -0.346 e. The maximum Gasteiger partial charge on any atom is 0.0856 e. The fourth-order valence-corrected chi connectivity index (χ4v) is 2.61. The highest BCUT2D eigenvalue weighted by atomic mass is 32.2. The Bertz CT molecular complexity index is 522. The topological polar surface area (TPSA) is 28.7 Å². The number of thioether (sulfide) groups is 1. The van der Waals surface area contributed by atoms with Crippen LogP contribution in [0.1, 0.15) is 13.3 Å². The van der Waals surface area contributed by atoms with Crippen LogP contribution >= 0.6 is 11.8 Å². The molecule has 0 fully saturated rings. The molecule has 0 saturated carbocycles. The zero-order valence-electron chi connectivity index (χ0n) is 9.31. The number of nitrogens with zero attached hydrogens (tertiary/aromatic N) is 2. The lowest BCUT2D eigenvalue weighted by Gasteiger charge is -2.00. The number of hydrogen-bond donors (Lipinski definition) is 0. The van der Waals surface area contributed by atoms with Crippen LogP contribution in [0.2, 0.25) is 0 Å². The van der Waals surface area contributed by atoms with Crippen LogP contribution in [-0.2, 0) is 6.54 Å². The van der Waals surface area contributed by atoms with Gasteiger partial charge in [-0.15, -0.1) is 11.8 Å². The van der Waals surface area contributed by atoms with Crippen molar-refractivity contribution in [3.8, 4) is 6.07 Å². The first-order valence-corrected chi connectivity index (χ1v) is 6.43. The second-order valence-corrected chi connectivity index (χ2v) is 4.67. The van der Waals surface area contributed by atoms with Gasteiger partial charge >= 0.3 is 0 Å². The third kappa shape index (κ3) is 2.07. The first-order valence-electron chi connectivity index (χ1n) is 5.44. The Labute approximate surface area is 99.9 Å². The Hall–Kier alpha value is -1.40. The monoisotopic (exact) mass is 230 g/mol. The summed E-state index contributed by atoms with van der Waals surface area (Å²) >= 11 is 1.61. The lowest BCUT2D eigenvalue weighted by molar-refractivity contribution is 0.700. The molecule has 2 rings (SSSR count). The van der Waals surface area contributed by atoms with Crippen LogP contribution in [0.25, 0.3) is 10.9 Å². The van der Waals surface area contributed by atoms with Gasteiger partial charge in [0.1, 0.15) is 0 Å².